The lowest BCUT2D eigenvalue weighted by Gasteiger charge is -2.32. The van der Waals surface area contributed by atoms with Gasteiger partial charge in [0.2, 0.25) is 0 Å². The highest BCUT2D eigenvalue weighted by molar-refractivity contribution is 5.33. The number of unbranched alkanes of at least 4 members (excludes halogenated alkanes) is 2. The van der Waals surface area contributed by atoms with Crippen molar-refractivity contribution in [2.75, 3.05) is 0 Å². The third-order valence-electron chi connectivity index (χ3n) is 4.23. The molecule has 2 rings (SSSR count). The molecule has 3 N–H and O–H groups in total. The van der Waals surface area contributed by atoms with E-state index in [9.17, 15) is 0 Å². The molecular formula is C16H26N2. The summed E-state index contributed by atoms with van der Waals surface area (Å²) in [5.74, 6) is 6.40. The first-order valence-corrected chi connectivity index (χ1v) is 7.40. The van der Waals surface area contributed by atoms with Crippen LogP contribution in [0.3, 0.4) is 0 Å². The molecule has 1 aromatic rings. The Bertz CT molecular complexity index is 362. The number of hydrogen-bond acceptors (Lipinski definition) is 2. The van der Waals surface area contributed by atoms with Crippen LogP contribution in [0.1, 0.15) is 62.5 Å². The maximum Gasteiger partial charge on any atom is 0.0279 e. The number of hydrazine groups is 1. The molecule has 0 amide bonds. The van der Waals surface area contributed by atoms with E-state index in [0.717, 1.165) is 0 Å². The van der Waals surface area contributed by atoms with Crippen LogP contribution in [0.25, 0.3) is 0 Å². The zero-order valence-corrected chi connectivity index (χ0v) is 11.5. The van der Waals surface area contributed by atoms with Gasteiger partial charge in [-0.2, -0.15) is 0 Å². The number of benzene rings is 1. The predicted molar refractivity (Wildman–Crippen MR) is 77.4 cm³/mol. The van der Waals surface area contributed by atoms with Gasteiger partial charge in [-0.25, -0.2) is 0 Å². The smallest absolute Gasteiger partial charge is 0.0279 e. The summed E-state index contributed by atoms with van der Waals surface area (Å²) in [7, 11) is 0. The molecule has 0 saturated heterocycles. The van der Waals surface area contributed by atoms with E-state index in [1.165, 1.54) is 56.1 Å². The largest absolute Gasteiger partial charge is 0.271 e. The molecule has 18 heavy (non-hydrogen) atoms. The summed E-state index contributed by atoms with van der Waals surface area (Å²) < 4.78 is 0. The van der Waals surface area contributed by atoms with Crippen LogP contribution >= 0.6 is 0 Å². The molecule has 0 fully saturated rings. The summed E-state index contributed by atoms with van der Waals surface area (Å²) in [5, 5.41) is 0. The Morgan fingerprint density at radius 1 is 1.33 bits per heavy atom. The van der Waals surface area contributed by atoms with Crippen molar-refractivity contribution in [2.24, 2.45) is 5.84 Å². The molecule has 0 radical (unpaired) electrons. The number of nitrogens with one attached hydrogen (secondary N) is 1. The third kappa shape index (κ3) is 3.12. The predicted octanol–water partition coefficient (Wildman–Crippen LogP) is 3.52. The monoisotopic (exact) mass is 246 g/mol. The van der Waals surface area contributed by atoms with Crippen molar-refractivity contribution in [3.05, 3.63) is 35.4 Å². The average molecular weight is 246 g/mol. The Labute approximate surface area is 111 Å². The molecule has 1 aliphatic rings. The van der Waals surface area contributed by atoms with Gasteiger partial charge in [0, 0.05) is 12.0 Å². The number of nitrogens with two attached hydrogens (primary N) is 1. The number of fused-ring (bicyclic) bond motifs is 1. The van der Waals surface area contributed by atoms with Crippen molar-refractivity contribution < 1.29 is 0 Å². The zero-order valence-electron chi connectivity index (χ0n) is 11.5. The molecule has 0 aromatic heterocycles. The van der Waals surface area contributed by atoms with Gasteiger partial charge in [0.05, 0.1) is 0 Å². The minimum Gasteiger partial charge on any atom is -0.271 e. The lowest BCUT2D eigenvalue weighted by Crippen LogP contribution is -2.40. The lowest BCUT2D eigenvalue weighted by molar-refractivity contribution is 0.367. The Hall–Kier alpha value is -0.860. The van der Waals surface area contributed by atoms with E-state index >= 15 is 0 Å². The van der Waals surface area contributed by atoms with Gasteiger partial charge in [-0.1, -0.05) is 50.5 Å². The molecule has 100 valence electrons. The van der Waals surface area contributed by atoms with E-state index in [4.69, 9.17) is 5.84 Å². The number of aryl methyl sites for hydroxylation is 1. The normalized spacial score (nSPS) is 20.4. The summed E-state index contributed by atoms with van der Waals surface area (Å²) >= 11 is 0. The van der Waals surface area contributed by atoms with E-state index in [1.807, 2.05) is 0 Å². The quantitative estimate of drug-likeness (QED) is 0.458. The Morgan fingerprint density at radius 3 is 2.94 bits per heavy atom. The minimum atomic E-state index is 0.443. The topological polar surface area (TPSA) is 38.0 Å². The second-order valence-corrected chi connectivity index (χ2v) is 5.47. The van der Waals surface area contributed by atoms with Crippen LogP contribution in [0.2, 0.25) is 0 Å². The lowest BCUT2D eigenvalue weighted by atomic mass is 9.77. The zero-order chi connectivity index (χ0) is 12.8. The van der Waals surface area contributed by atoms with Crippen LogP contribution in [0.15, 0.2) is 24.3 Å². The number of rotatable bonds is 6. The molecule has 2 nitrogen and oxygen atoms in total. The van der Waals surface area contributed by atoms with Gasteiger partial charge >= 0.3 is 0 Å². The second-order valence-electron chi connectivity index (χ2n) is 5.47. The first kappa shape index (κ1) is 13.6. The van der Waals surface area contributed by atoms with Crippen LogP contribution in [-0.2, 0) is 6.42 Å². The molecule has 0 spiro atoms. The van der Waals surface area contributed by atoms with Crippen LogP contribution in [0.5, 0.6) is 0 Å². The van der Waals surface area contributed by atoms with Crippen molar-refractivity contribution in [1.82, 2.24) is 5.43 Å². The summed E-state index contributed by atoms with van der Waals surface area (Å²) in [6, 6.07) is 9.34. The first-order chi connectivity index (χ1) is 8.86. The molecule has 2 heteroatoms. The molecule has 2 atom stereocenters. The average Bonchev–Trinajstić information content (AvgIpc) is 2.43. The van der Waals surface area contributed by atoms with Crippen molar-refractivity contribution in [2.45, 2.75) is 63.8 Å². The maximum absolute atomic E-state index is 5.79. The van der Waals surface area contributed by atoms with Gasteiger partial charge in [0.25, 0.3) is 0 Å². The van der Waals surface area contributed by atoms with Gasteiger partial charge in [-0.15, -0.1) is 0 Å². The fourth-order valence-electron chi connectivity index (χ4n) is 3.22. The maximum atomic E-state index is 5.79. The fraction of sp³-hybridized carbons (Fsp3) is 0.625. The summed E-state index contributed by atoms with van der Waals surface area (Å²) in [4.78, 5) is 0. The summed E-state index contributed by atoms with van der Waals surface area (Å²) in [5.41, 5.74) is 6.13. The van der Waals surface area contributed by atoms with E-state index in [2.05, 4.69) is 36.6 Å². The molecule has 1 aliphatic carbocycles. The molecular weight excluding hydrogens is 220 g/mol. The van der Waals surface area contributed by atoms with Crippen molar-refractivity contribution >= 4 is 0 Å². The van der Waals surface area contributed by atoms with Crippen LogP contribution in [-0.4, -0.2) is 6.04 Å². The van der Waals surface area contributed by atoms with Gasteiger partial charge < -0.3 is 0 Å². The Kier molecular flexibility index (Phi) is 5.21. The molecule has 0 aliphatic heterocycles. The highest BCUT2D eigenvalue weighted by Crippen LogP contribution is 2.35. The molecule has 0 saturated carbocycles. The first-order valence-electron chi connectivity index (χ1n) is 7.40. The van der Waals surface area contributed by atoms with Gasteiger partial charge in [-0.3, -0.25) is 11.3 Å². The van der Waals surface area contributed by atoms with E-state index < -0.39 is 0 Å². The van der Waals surface area contributed by atoms with Crippen LogP contribution in [0, 0.1) is 0 Å². The van der Waals surface area contributed by atoms with E-state index in [-0.39, 0.29) is 0 Å². The third-order valence-corrected chi connectivity index (χ3v) is 4.23. The fourth-order valence-corrected chi connectivity index (χ4v) is 3.22. The van der Waals surface area contributed by atoms with Crippen molar-refractivity contribution in [3.8, 4) is 0 Å². The van der Waals surface area contributed by atoms with E-state index in [0.29, 0.717) is 12.0 Å². The molecule has 2 unspecified atom stereocenters. The Morgan fingerprint density at radius 2 is 2.17 bits per heavy atom. The molecule has 0 heterocycles. The van der Waals surface area contributed by atoms with Crippen molar-refractivity contribution in [1.29, 1.82) is 0 Å². The standard InChI is InChI=1S/C16H26N2/c1-2-3-4-12-16(18-17)15-11-7-9-13-8-5-6-10-14(13)15/h5-6,8,10,15-16,18H,2-4,7,9,11-12,17H2,1H3. The second kappa shape index (κ2) is 6.91. The van der Waals surface area contributed by atoms with Crippen LogP contribution in [0.4, 0.5) is 0 Å². The minimum absolute atomic E-state index is 0.443. The highest BCUT2D eigenvalue weighted by Gasteiger charge is 2.26. The summed E-state index contributed by atoms with van der Waals surface area (Å²) in [6.07, 6.45) is 8.88. The number of hydrogen-bond donors (Lipinski definition) is 2. The summed E-state index contributed by atoms with van der Waals surface area (Å²) in [6.45, 7) is 2.25. The Balaban J connectivity index is 2.07. The molecule has 0 bridgehead atoms. The van der Waals surface area contributed by atoms with Crippen LogP contribution < -0.4 is 11.3 Å². The highest BCUT2D eigenvalue weighted by atomic mass is 15.2. The van der Waals surface area contributed by atoms with E-state index in [1.54, 1.807) is 0 Å². The van der Waals surface area contributed by atoms with Gasteiger partial charge in [-0.05, 0) is 36.8 Å². The SMILES string of the molecule is CCCCCC(NN)C1CCCc2ccccc21. The van der Waals surface area contributed by atoms with Gasteiger partial charge in [0.15, 0.2) is 0 Å². The van der Waals surface area contributed by atoms with Crippen molar-refractivity contribution in [3.63, 3.8) is 0 Å². The molecule has 1 aromatic carbocycles. The van der Waals surface area contributed by atoms with Gasteiger partial charge in [0.1, 0.15) is 0 Å².